The predicted octanol–water partition coefficient (Wildman–Crippen LogP) is -6.02. The zero-order valence-electron chi connectivity index (χ0n) is 12.8. The molecule has 1 saturated heterocycles. The molecular weight excluding hydrogens is 322 g/mol. The number of carbonyl (C=O) groups is 1. The van der Waals surface area contributed by atoms with Gasteiger partial charge in [0, 0.05) is 19.1 Å². The number of nitrogens with two attached hydrogens (primary N) is 3. The van der Waals surface area contributed by atoms with Gasteiger partial charge in [-0.1, -0.05) is 0 Å². The molecule has 3 heterocycles. The molecule has 0 aromatic heterocycles. The van der Waals surface area contributed by atoms with E-state index in [-0.39, 0.29) is 38.0 Å². The molecule has 1 spiro atoms. The first-order valence-electron chi connectivity index (χ1n) is 7.50. The number of ether oxygens (including phenoxy) is 1. The van der Waals surface area contributed by atoms with Crippen LogP contribution < -0.4 is 27.5 Å². The highest BCUT2D eigenvalue weighted by Gasteiger charge is 2.75. The number of primary amides is 1. The first-order valence-corrected chi connectivity index (χ1v) is 7.50. The van der Waals surface area contributed by atoms with Crippen LogP contribution in [0.15, 0.2) is 4.99 Å². The van der Waals surface area contributed by atoms with E-state index < -0.39 is 35.7 Å². The molecule has 0 aromatic carbocycles. The Kier molecular flexibility index (Phi) is 3.69. The van der Waals surface area contributed by atoms with Crippen molar-refractivity contribution in [2.75, 3.05) is 13.2 Å². The van der Waals surface area contributed by atoms with Gasteiger partial charge in [0.05, 0.1) is 0 Å². The molecule has 0 aliphatic carbocycles. The van der Waals surface area contributed by atoms with Crippen molar-refractivity contribution < 1.29 is 29.8 Å². The molecule has 11 N–H and O–H groups in total. The fourth-order valence-electron chi connectivity index (χ4n) is 3.94. The lowest BCUT2D eigenvalue weighted by Gasteiger charge is -2.46. The fraction of sp³-hybridized carbons (Fsp3) is 0.750. The molecule has 3 rings (SSSR count). The number of rotatable bonds is 4. The van der Waals surface area contributed by atoms with Crippen molar-refractivity contribution >= 4 is 18.0 Å². The van der Waals surface area contributed by atoms with E-state index >= 15 is 0 Å². The Hall–Kier alpha value is -2.31. The normalized spacial score (nSPS) is 36.3. The monoisotopic (exact) mass is 344 g/mol. The molecule has 12 heteroatoms. The number of hydrogen-bond acceptors (Lipinski definition) is 10. The summed E-state index contributed by atoms with van der Waals surface area (Å²) in [6.45, 7) is -0.370. The Labute approximate surface area is 137 Å². The highest BCUT2D eigenvalue weighted by molar-refractivity contribution is 5.84. The lowest BCUT2D eigenvalue weighted by atomic mass is 9.86. The molecule has 3 aliphatic rings. The Bertz CT molecular complexity index is 609. The van der Waals surface area contributed by atoms with Crippen LogP contribution in [0.1, 0.15) is 12.8 Å². The average Bonchev–Trinajstić information content (AvgIpc) is 2.92. The third-order valence-corrected chi connectivity index (χ3v) is 4.75. The van der Waals surface area contributed by atoms with Gasteiger partial charge in [-0.05, 0) is 6.42 Å². The van der Waals surface area contributed by atoms with Crippen molar-refractivity contribution in [1.29, 1.82) is 0 Å². The minimum Gasteiger partial charge on any atom is -0.447 e. The van der Waals surface area contributed by atoms with Gasteiger partial charge in [-0.3, -0.25) is 15.6 Å². The number of aliphatic imine (C=N–C) groups is 1. The van der Waals surface area contributed by atoms with Crippen molar-refractivity contribution in [2.45, 2.75) is 42.4 Å². The lowest BCUT2D eigenvalue weighted by molar-refractivity contribution is -0.522. The highest BCUT2D eigenvalue weighted by Crippen LogP contribution is 2.44. The summed E-state index contributed by atoms with van der Waals surface area (Å²) in [5.74, 6) is -2.09. The van der Waals surface area contributed by atoms with Crippen LogP contribution in [0.2, 0.25) is 0 Å². The summed E-state index contributed by atoms with van der Waals surface area (Å²) >= 11 is 0. The van der Waals surface area contributed by atoms with Gasteiger partial charge in [0.25, 0.3) is 5.66 Å². The van der Waals surface area contributed by atoms with Gasteiger partial charge < -0.3 is 31.5 Å². The quantitative estimate of drug-likeness (QED) is 0.228. The zero-order chi connectivity index (χ0) is 17.7. The maximum Gasteiger partial charge on any atom is 0.404 e. The second-order valence-corrected chi connectivity index (χ2v) is 6.17. The number of amides is 1. The largest absolute Gasteiger partial charge is 0.447 e. The topological polar surface area (TPSA) is 207 Å². The summed E-state index contributed by atoms with van der Waals surface area (Å²) in [6, 6.07) is -1.95. The molecular formula is C12H22N7O5+. The number of guanidine groups is 2. The molecule has 24 heavy (non-hydrogen) atoms. The Balaban J connectivity index is 2.04. The second kappa shape index (κ2) is 5.36. The van der Waals surface area contributed by atoms with E-state index in [1.807, 2.05) is 0 Å². The molecule has 1 fully saturated rings. The van der Waals surface area contributed by atoms with E-state index in [0.29, 0.717) is 0 Å². The van der Waals surface area contributed by atoms with E-state index in [9.17, 15) is 20.1 Å². The van der Waals surface area contributed by atoms with Crippen molar-refractivity contribution in [3.63, 3.8) is 0 Å². The smallest absolute Gasteiger partial charge is 0.404 e. The van der Waals surface area contributed by atoms with E-state index in [1.54, 1.807) is 0 Å². The van der Waals surface area contributed by atoms with Gasteiger partial charge in [-0.25, -0.2) is 15.1 Å². The number of nitrogens with zero attached hydrogens (tertiary/aromatic N) is 2. The van der Waals surface area contributed by atoms with E-state index in [1.165, 1.54) is 4.90 Å². The standard InChI is InChI=1S/C12H21N7O5/c13-8-17-7-6(4-24-10(15)21)16-9(14)19-5(1-2-20)3-11(22,23)12(7,19)18-8/h5-7,20,22-23H,1-4H2,(H2,14,16)(H2,15,21)(H3,13,17,18)/p+1/t5?,6-,7-,12-/m0/s1. The van der Waals surface area contributed by atoms with Crippen molar-refractivity contribution in [3.8, 4) is 0 Å². The van der Waals surface area contributed by atoms with E-state index in [0.717, 1.165) is 0 Å². The Morgan fingerprint density at radius 3 is 2.83 bits per heavy atom. The van der Waals surface area contributed by atoms with Crippen LogP contribution in [0.25, 0.3) is 0 Å². The van der Waals surface area contributed by atoms with Gasteiger partial charge >= 0.3 is 12.1 Å². The molecule has 4 atom stereocenters. The number of carbonyl (C=O) groups excluding carboxylic acids is 1. The maximum absolute atomic E-state index is 10.9. The molecule has 0 aromatic rings. The number of aliphatic hydroxyl groups is 3. The Morgan fingerprint density at radius 1 is 1.50 bits per heavy atom. The predicted molar refractivity (Wildman–Crippen MR) is 79.9 cm³/mol. The van der Waals surface area contributed by atoms with Crippen LogP contribution in [0, 0.1) is 0 Å². The van der Waals surface area contributed by atoms with Gasteiger partial charge in [0.2, 0.25) is 5.79 Å². The van der Waals surface area contributed by atoms with Gasteiger partial charge in [0.15, 0.2) is 12.0 Å². The van der Waals surface area contributed by atoms with Crippen molar-refractivity contribution in [1.82, 2.24) is 10.2 Å². The summed E-state index contributed by atoms with van der Waals surface area (Å²) in [7, 11) is 0. The molecule has 1 amide bonds. The molecule has 134 valence electrons. The summed E-state index contributed by atoms with van der Waals surface area (Å²) in [6.07, 6.45) is -0.796. The van der Waals surface area contributed by atoms with E-state index in [2.05, 4.69) is 15.3 Å². The van der Waals surface area contributed by atoms with Crippen LogP contribution >= 0.6 is 0 Å². The summed E-state index contributed by atoms with van der Waals surface area (Å²) in [5.41, 5.74) is 15.3. The van der Waals surface area contributed by atoms with Crippen LogP contribution in [-0.2, 0) is 4.74 Å². The maximum atomic E-state index is 10.9. The zero-order valence-corrected chi connectivity index (χ0v) is 12.8. The minimum atomic E-state index is -2.23. The van der Waals surface area contributed by atoms with Crippen LogP contribution in [-0.4, -0.2) is 81.0 Å². The second-order valence-electron chi connectivity index (χ2n) is 6.17. The summed E-state index contributed by atoms with van der Waals surface area (Å²) in [5, 5.41) is 33.5. The van der Waals surface area contributed by atoms with Gasteiger partial charge in [-0.2, -0.15) is 0 Å². The summed E-state index contributed by atoms with van der Waals surface area (Å²) < 4.78 is 4.80. The minimum absolute atomic E-state index is 0.0248. The average molecular weight is 344 g/mol. The lowest BCUT2D eigenvalue weighted by Crippen LogP contribution is -2.90. The van der Waals surface area contributed by atoms with Gasteiger partial charge in [0.1, 0.15) is 12.6 Å². The van der Waals surface area contributed by atoms with Crippen LogP contribution in [0.5, 0.6) is 0 Å². The number of aliphatic hydroxyl groups excluding tert-OH is 1. The van der Waals surface area contributed by atoms with Crippen molar-refractivity contribution in [3.05, 3.63) is 0 Å². The molecule has 0 bridgehead atoms. The third-order valence-electron chi connectivity index (χ3n) is 4.75. The highest BCUT2D eigenvalue weighted by atomic mass is 16.5. The fourth-order valence-corrected chi connectivity index (χ4v) is 3.94. The van der Waals surface area contributed by atoms with Crippen LogP contribution in [0.4, 0.5) is 4.79 Å². The van der Waals surface area contributed by atoms with Gasteiger partial charge in [-0.15, -0.1) is 0 Å². The number of nitrogens with one attached hydrogen (secondary N) is 2. The first-order chi connectivity index (χ1) is 11.2. The van der Waals surface area contributed by atoms with E-state index in [4.69, 9.17) is 21.9 Å². The Morgan fingerprint density at radius 2 is 2.21 bits per heavy atom. The molecule has 12 nitrogen and oxygen atoms in total. The molecule has 1 unspecified atom stereocenters. The first kappa shape index (κ1) is 16.5. The molecule has 0 radical (unpaired) electrons. The van der Waals surface area contributed by atoms with Crippen molar-refractivity contribution in [2.24, 2.45) is 22.2 Å². The molecule has 0 saturated carbocycles. The third kappa shape index (κ3) is 2.14. The van der Waals surface area contributed by atoms with Crippen LogP contribution in [0.3, 0.4) is 0 Å². The molecule has 3 aliphatic heterocycles. The number of hydrogen-bond donors (Lipinski definition) is 8. The summed E-state index contributed by atoms with van der Waals surface area (Å²) in [4.78, 5) is 19.6. The SMILES string of the molecule is NC(=O)OC[C@@H]1N=C(N)N2C(CCO)CC(O)(O)[C@@]23NC(N)=[NH+][C@@H]13.